The van der Waals surface area contributed by atoms with Gasteiger partial charge in [-0.15, -0.1) is 0 Å². The van der Waals surface area contributed by atoms with E-state index in [1.807, 2.05) is 0 Å². The Labute approximate surface area is 119 Å². The fourth-order valence-electron chi connectivity index (χ4n) is 1.82. The SMILES string of the molecule is N=C(N)C(Oc1cccc(C(F)(F)F)c1)c1ccccc1. The molecule has 2 rings (SSSR count). The summed E-state index contributed by atoms with van der Waals surface area (Å²) in [5.41, 5.74) is 5.27. The van der Waals surface area contributed by atoms with Crippen LogP contribution in [0, 0.1) is 5.41 Å². The molecule has 0 spiro atoms. The highest BCUT2D eigenvalue weighted by molar-refractivity contribution is 5.83. The molecule has 0 radical (unpaired) electrons. The van der Waals surface area contributed by atoms with Crippen LogP contribution in [0.2, 0.25) is 0 Å². The number of hydrogen-bond donors (Lipinski definition) is 2. The summed E-state index contributed by atoms with van der Waals surface area (Å²) in [6.45, 7) is 0. The van der Waals surface area contributed by atoms with Crippen molar-refractivity contribution in [2.24, 2.45) is 5.73 Å². The molecule has 2 aromatic carbocycles. The summed E-state index contributed by atoms with van der Waals surface area (Å²) in [6, 6.07) is 13.1. The quantitative estimate of drug-likeness (QED) is 0.666. The first-order chi connectivity index (χ1) is 9.88. The van der Waals surface area contributed by atoms with Crippen LogP contribution in [0.4, 0.5) is 13.2 Å². The van der Waals surface area contributed by atoms with E-state index in [1.54, 1.807) is 30.3 Å². The molecular weight excluding hydrogens is 281 g/mol. The summed E-state index contributed by atoms with van der Waals surface area (Å²) >= 11 is 0. The molecule has 2 aromatic rings. The van der Waals surface area contributed by atoms with Gasteiger partial charge in [0.25, 0.3) is 0 Å². The second kappa shape index (κ2) is 5.87. The number of halogens is 3. The Bertz CT molecular complexity index is 626. The molecule has 0 saturated heterocycles. The van der Waals surface area contributed by atoms with Crippen molar-refractivity contribution in [1.82, 2.24) is 0 Å². The van der Waals surface area contributed by atoms with Crippen molar-refractivity contribution >= 4 is 5.84 Å². The van der Waals surface area contributed by atoms with E-state index in [2.05, 4.69) is 0 Å². The molecule has 110 valence electrons. The van der Waals surface area contributed by atoms with Gasteiger partial charge >= 0.3 is 6.18 Å². The zero-order chi connectivity index (χ0) is 15.5. The number of nitrogens with two attached hydrogens (primary N) is 1. The predicted octanol–water partition coefficient (Wildman–Crippen LogP) is 3.76. The lowest BCUT2D eigenvalue weighted by Crippen LogP contribution is -2.25. The largest absolute Gasteiger partial charge is 0.478 e. The van der Waals surface area contributed by atoms with Crippen molar-refractivity contribution in [2.75, 3.05) is 0 Å². The number of ether oxygens (including phenoxy) is 1. The Morgan fingerprint density at radius 3 is 2.29 bits per heavy atom. The lowest BCUT2D eigenvalue weighted by Gasteiger charge is -2.19. The summed E-state index contributed by atoms with van der Waals surface area (Å²) in [4.78, 5) is 0. The highest BCUT2D eigenvalue weighted by Gasteiger charge is 2.31. The Hall–Kier alpha value is -2.50. The third kappa shape index (κ3) is 3.75. The molecule has 0 heterocycles. The van der Waals surface area contributed by atoms with Crippen molar-refractivity contribution < 1.29 is 17.9 Å². The number of alkyl halides is 3. The third-order valence-electron chi connectivity index (χ3n) is 2.80. The van der Waals surface area contributed by atoms with Gasteiger partial charge < -0.3 is 10.5 Å². The second-order valence-electron chi connectivity index (χ2n) is 4.39. The Morgan fingerprint density at radius 1 is 1.05 bits per heavy atom. The molecule has 1 unspecified atom stereocenters. The van der Waals surface area contributed by atoms with Crippen LogP contribution in [0.25, 0.3) is 0 Å². The number of amidine groups is 1. The molecule has 0 aromatic heterocycles. The van der Waals surface area contributed by atoms with Crippen molar-refractivity contribution in [3.63, 3.8) is 0 Å². The molecule has 0 fully saturated rings. The summed E-state index contributed by atoms with van der Waals surface area (Å²) in [5, 5.41) is 7.55. The van der Waals surface area contributed by atoms with Gasteiger partial charge in [-0.05, 0) is 23.8 Å². The molecule has 21 heavy (non-hydrogen) atoms. The van der Waals surface area contributed by atoms with E-state index < -0.39 is 17.8 Å². The monoisotopic (exact) mass is 294 g/mol. The summed E-state index contributed by atoms with van der Waals surface area (Å²) in [6.07, 6.45) is -5.37. The normalized spacial score (nSPS) is 12.7. The van der Waals surface area contributed by atoms with Crippen LogP contribution < -0.4 is 10.5 Å². The van der Waals surface area contributed by atoms with Gasteiger partial charge in [0, 0.05) is 0 Å². The maximum absolute atomic E-state index is 12.7. The Kier molecular flexibility index (Phi) is 4.16. The number of rotatable bonds is 4. The van der Waals surface area contributed by atoms with Gasteiger partial charge in [0.1, 0.15) is 11.6 Å². The van der Waals surface area contributed by atoms with Crippen LogP contribution in [0.15, 0.2) is 54.6 Å². The van der Waals surface area contributed by atoms with Crippen molar-refractivity contribution in [1.29, 1.82) is 5.41 Å². The minimum absolute atomic E-state index is 0.00822. The lowest BCUT2D eigenvalue weighted by atomic mass is 10.1. The molecule has 0 aliphatic rings. The van der Waals surface area contributed by atoms with E-state index in [-0.39, 0.29) is 11.6 Å². The molecule has 0 amide bonds. The number of benzene rings is 2. The van der Waals surface area contributed by atoms with Crippen LogP contribution in [0.3, 0.4) is 0 Å². The first-order valence-electron chi connectivity index (χ1n) is 6.10. The average Bonchev–Trinajstić information content (AvgIpc) is 2.45. The molecule has 0 aliphatic heterocycles. The fraction of sp³-hybridized carbons (Fsp3) is 0.133. The van der Waals surface area contributed by atoms with Crippen molar-refractivity contribution in [2.45, 2.75) is 12.3 Å². The van der Waals surface area contributed by atoms with E-state index in [1.165, 1.54) is 12.1 Å². The van der Waals surface area contributed by atoms with Crippen LogP contribution in [-0.2, 0) is 6.18 Å². The van der Waals surface area contributed by atoms with Crippen LogP contribution >= 0.6 is 0 Å². The Balaban J connectivity index is 2.28. The van der Waals surface area contributed by atoms with Crippen molar-refractivity contribution in [3.05, 3.63) is 65.7 Å². The average molecular weight is 294 g/mol. The molecule has 3 N–H and O–H groups in total. The van der Waals surface area contributed by atoms with Gasteiger partial charge in [0.15, 0.2) is 6.10 Å². The highest BCUT2D eigenvalue weighted by Crippen LogP contribution is 2.32. The van der Waals surface area contributed by atoms with E-state index >= 15 is 0 Å². The van der Waals surface area contributed by atoms with E-state index in [0.29, 0.717) is 5.56 Å². The third-order valence-corrected chi connectivity index (χ3v) is 2.80. The molecule has 6 heteroatoms. The standard InChI is InChI=1S/C15H13F3N2O/c16-15(17,18)11-7-4-8-12(9-11)21-13(14(19)20)10-5-2-1-3-6-10/h1-9,13H,(H3,19,20). The summed E-state index contributed by atoms with van der Waals surface area (Å²) in [7, 11) is 0. The van der Waals surface area contributed by atoms with E-state index in [0.717, 1.165) is 12.1 Å². The van der Waals surface area contributed by atoms with Gasteiger partial charge in [0.05, 0.1) is 5.56 Å². The van der Waals surface area contributed by atoms with Gasteiger partial charge in [-0.3, -0.25) is 5.41 Å². The first kappa shape index (κ1) is 14.9. The fourth-order valence-corrected chi connectivity index (χ4v) is 1.82. The second-order valence-corrected chi connectivity index (χ2v) is 4.39. The van der Waals surface area contributed by atoms with Gasteiger partial charge in [-0.1, -0.05) is 36.4 Å². The van der Waals surface area contributed by atoms with Gasteiger partial charge in [0.2, 0.25) is 0 Å². The zero-order valence-electron chi connectivity index (χ0n) is 10.9. The molecule has 0 aliphatic carbocycles. The maximum Gasteiger partial charge on any atom is 0.416 e. The first-order valence-corrected chi connectivity index (χ1v) is 6.10. The molecule has 0 bridgehead atoms. The highest BCUT2D eigenvalue weighted by atomic mass is 19.4. The van der Waals surface area contributed by atoms with Crippen LogP contribution in [0.1, 0.15) is 17.2 Å². The smallest absolute Gasteiger partial charge is 0.416 e. The van der Waals surface area contributed by atoms with Crippen LogP contribution in [0.5, 0.6) is 5.75 Å². The van der Waals surface area contributed by atoms with E-state index in [9.17, 15) is 13.2 Å². The van der Waals surface area contributed by atoms with Crippen molar-refractivity contribution in [3.8, 4) is 5.75 Å². The Morgan fingerprint density at radius 2 is 1.71 bits per heavy atom. The molecule has 0 saturated carbocycles. The molecule has 3 nitrogen and oxygen atoms in total. The van der Waals surface area contributed by atoms with E-state index in [4.69, 9.17) is 15.9 Å². The maximum atomic E-state index is 12.7. The summed E-state index contributed by atoms with van der Waals surface area (Å²) in [5.74, 6) is -0.271. The minimum Gasteiger partial charge on any atom is -0.478 e. The van der Waals surface area contributed by atoms with Gasteiger partial charge in [-0.25, -0.2) is 0 Å². The summed E-state index contributed by atoms with van der Waals surface area (Å²) < 4.78 is 43.4. The van der Waals surface area contributed by atoms with Gasteiger partial charge in [-0.2, -0.15) is 13.2 Å². The van der Waals surface area contributed by atoms with Crippen LogP contribution in [-0.4, -0.2) is 5.84 Å². The minimum atomic E-state index is -4.45. The molecule has 1 atom stereocenters. The number of hydrogen-bond acceptors (Lipinski definition) is 2. The predicted molar refractivity (Wildman–Crippen MR) is 73.2 cm³/mol. The zero-order valence-corrected chi connectivity index (χ0v) is 10.9. The number of nitrogens with one attached hydrogen (secondary N) is 1. The molecular formula is C15H13F3N2O. The topological polar surface area (TPSA) is 59.1 Å². The lowest BCUT2D eigenvalue weighted by molar-refractivity contribution is -0.137.